The fourth-order valence-electron chi connectivity index (χ4n) is 2.70. The molecule has 1 aromatic carbocycles. The number of piperidine rings is 1. The number of benzene rings is 1. The summed E-state index contributed by atoms with van der Waals surface area (Å²) in [7, 11) is 1.70. The third-order valence-electron chi connectivity index (χ3n) is 3.71. The van der Waals surface area contributed by atoms with Gasteiger partial charge in [0, 0.05) is 13.0 Å². The van der Waals surface area contributed by atoms with Crippen LogP contribution in [0.5, 0.6) is 5.75 Å². The Bertz CT molecular complexity index is 397. The van der Waals surface area contributed by atoms with Crippen molar-refractivity contribution in [2.75, 3.05) is 20.2 Å². The predicted octanol–water partition coefficient (Wildman–Crippen LogP) is 1.91. The van der Waals surface area contributed by atoms with Crippen LogP contribution in [0.3, 0.4) is 0 Å². The zero-order valence-electron chi connectivity index (χ0n) is 11.3. The summed E-state index contributed by atoms with van der Waals surface area (Å²) in [5.74, 6) is 0.940. The first-order chi connectivity index (χ1) is 8.67. The van der Waals surface area contributed by atoms with Crippen LogP contribution in [-0.4, -0.2) is 30.9 Å². The number of methoxy groups -OCH3 is 1. The van der Waals surface area contributed by atoms with Gasteiger partial charge in [0.25, 0.3) is 0 Å². The Morgan fingerprint density at radius 1 is 1.44 bits per heavy atom. The molecule has 3 nitrogen and oxygen atoms in total. The first kappa shape index (κ1) is 13.4. The van der Waals surface area contributed by atoms with Crippen molar-refractivity contribution in [2.24, 2.45) is 0 Å². The molecule has 1 saturated heterocycles. The smallest absolute Gasteiger partial charge is 0.122 e. The lowest BCUT2D eigenvalue weighted by molar-refractivity contribution is 0.0169. The number of β-amino-alcohol motifs (C(OH)–C–C–N with tert-alkyl or cyclic N) is 1. The number of nitrogens with one attached hydrogen (secondary N) is 1. The first-order valence-corrected chi connectivity index (χ1v) is 6.76. The molecule has 1 atom stereocenters. The summed E-state index contributed by atoms with van der Waals surface area (Å²) in [6, 6.07) is 6.23. The third-order valence-corrected chi connectivity index (χ3v) is 3.71. The Kier molecular flexibility index (Phi) is 4.25. The summed E-state index contributed by atoms with van der Waals surface area (Å²) in [6.07, 6.45) is 3.60. The highest BCUT2D eigenvalue weighted by atomic mass is 16.5. The number of hydrogen-bond acceptors (Lipinski definition) is 3. The molecule has 1 heterocycles. The second-order valence-electron chi connectivity index (χ2n) is 5.18. The van der Waals surface area contributed by atoms with Crippen molar-refractivity contribution >= 4 is 0 Å². The molecule has 0 bridgehead atoms. The average Bonchev–Trinajstić information content (AvgIpc) is 2.39. The number of aliphatic hydroxyl groups is 1. The molecule has 2 N–H and O–H groups in total. The average molecular weight is 249 g/mol. The molecular weight excluding hydrogens is 226 g/mol. The fraction of sp³-hybridized carbons (Fsp3) is 0.600. The minimum Gasteiger partial charge on any atom is -0.496 e. The van der Waals surface area contributed by atoms with E-state index in [0.29, 0.717) is 6.54 Å². The van der Waals surface area contributed by atoms with Gasteiger partial charge in [0.15, 0.2) is 0 Å². The SMILES string of the molecule is CCc1cc(CC2(O)CCCNC2)ccc1OC. The zero-order chi connectivity index (χ0) is 13.0. The summed E-state index contributed by atoms with van der Waals surface area (Å²) in [6.45, 7) is 3.84. The molecule has 0 saturated carbocycles. The van der Waals surface area contributed by atoms with Crippen molar-refractivity contribution in [3.05, 3.63) is 29.3 Å². The number of ether oxygens (including phenoxy) is 1. The molecular formula is C15H23NO2. The van der Waals surface area contributed by atoms with E-state index in [-0.39, 0.29) is 0 Å². The van der Waals surface area contributed by atoms with Crippen LogP contribution < -0.4 is 10.1 Å². The minimum absolute atomic E-state index is 0.585. The molecule has 1 aliphatic rings. The van der Waals surface area contributed by atoms with Gasteiger partial charge in [-0.05, 0) is 43.0 Å². The summed E-state index contributed by atoms with van der Waals surface area (Å²) < 4.78 is 5.33. The monoisotopic (exact) mass is 249 g/mol. The Hall–Kier alpha value is -1.06. The molecule has 3 heteroatoms. The molecule has 0 amide bonds. The largest absolute Gasteiger partial charge is 0.496 e. The van der Waals surface area contributed by atoms with E-state index in [1.165, 1.54) is 11.1 Å². The number of aryl methyl sites for hydroxylation is 1. The normalized spacial score (nSPS) is 23.9. The van der Waals surface area contributed by atoms with Gasteiger partial charge in [-0.25, -0.2) is 0 Å². The second kappa shape index (κ2) is 5.72. The maximum atomic E-state index is 10.5. The topological polar surface area (TPSA) is 41.5 Å². The van der Waals surface area contributed by atoms with Gasteiger partial charge in [-0.1, -0.05) is 19.1 Å². The molecule has 1 fully saturated rings. The van der Waals surface area contributed by atoms with Gasteiger partial charge in [-0.3, -0.25) is 0 Å². The molecule has 0 radical (unpaired) electrons. The predicted molar refractivity (Wildman–Crippen MR) is 73.1 cm³/mol. The lowest BCUT2D eigenvalue weighted by Crippen LogP contribution is -2.47. The second-order valence-corrected chi connectivity index (χ2v) is 5.18. The fourth-order valence-corrected chi connectivity index (χ4v) is 2.70. The van der Waals surface area contributed by atoms with Crippen LogP contribution in [0.2, 0.25) is 0 Å². The van der Waals surface area contributed by atoms with Crippen molar-refractivity contribution < 1.29 is 9.84 Å². The van der Waals surface area contributed by atoms with E-state index in [4.69, 9.17) is 4.74 Å². The Morgan fingerprint density at radius 3 is 2.89 bits per heavy atom. The van der Waals surface area contributed by atoms with Gasteiger partial charge in [0.1, 0.15) is 5.75 Å². The molecule has 1 unspecified atom stereocenters. The lowest BCUT2D eigenvalue weighted by atomic mass is 9.87. The Morgan fingerprint density at radius 2 is 2.28 bits per heavy atom. The van der Waals surface area contributed by atoms with E-state index < -0.39 is 5.60 Å². The maximum Gasteiger partial charge on any atom is 0.122 e. The van der Waals surface area contributed by atoms with Crippen LogP contribution in [0.15, 0.2) is 18.2 Å². The Labute approximate surface area is 109 Å². The van der Waals surface area contributed by atoms with Gasteiger partial charge in [0.2, 0.25) is 0 Å². The summed E-state index contributed by atoms with van der Waals surface area (Å²) in [4.78, 5) is 0. The Balaban J connectivity index is 2.13. The van der Waals surface area contributed by atoms with Crippen molar-refractivity contribution in [3.8, 4) is 5.75 Å². The van der Waals surface area contributed by atoms with Crippen LogP contribution >= 0.6 is 0 Å². The first-order valence-electron chi connectivity index (χ1n) is 6.76. The van der Waals surface area contributed by atoms with Crippen LogP contribution in [0.1, 0.15) is 30.9 Å². The van der Waals surface area contributed by atoms with E-state index in [0.717, 1.165) is 38.0 Å². The van der Waals surface area contributed by atoms with Crippen molar-refractivity contribution in [3.63, 3.8) is 0 Å². The maximum absolute atomic E-state index is 10.5. The van der Waals surface area contributed by atoms with Gasteiger partial charge >= 0.3 is 0 Å². The van der Waals surface area contributed by atoms with Crippen molar-refractivity contribution in [1.82, 2.24) is 5.32 Å². The summed E-state index contributed by atoms with van der Waals surface area (Å²) in [5, 5.41) is 13.8. The number of hydrogen-bond donors (Lipinski definition) is 2. The van der Waals surface area contributed by atoms with Crippen LogP contribution in [0, 0.1) is 0 Å². The van der Waals surface area contributed by atoms with Crippen LogP contribution in [-0.2, 0) is 12.8 Å². The lowest BCUT2D eigenvalue weighted by Gasteiger charge is -2.33. The molecule has 18 heavy (non-hydrogen) atoms. The minimum atomic E-state index is -0.585. The van der Waals surface area contributed by atoms with Crippen LogP contribution in [0.25, 0.3) is 0 Å². The van der Waals surface area contributed by atoms with E-state index in [2.05, 4.69) is 24.4 Å². The molecule has 1 aromatic rings. The van der Waals surface area contributed by atoms with E-state index in [1.54, 1.807) is 7.11 Å². The van der Waals surface area contributed by atoms with Gasteiger partial charge in [-0.15, -0.1) is 0 Å². The molecule has 0 spiro atoms. The standard InChI is InChI=1S/C15H23NO2/c1-3-13-9-12(5-6-14(13)18-2)10-15(17)7-4-8-16-11-15/h5-6,9,16-17H,3-4,7-8,10-11H2,1-2H3. The zero-order valence-corrected chi connectivity index (χ0v) is 11.3. The third kappa shape index (κ3) is 3.03. The number of rotatable bonds is 4. The molecule has 0 aliphatic carbocycles. The summed E-state index contributed by atoms with van der Waals surface area (Å²) in [5.41, 5.74) is 1.82. The highest BCUT2D eigenvalue weighted by Crippen LogP contribution is 2.25. The molecule has 1 aliphatic heterocycles. The molecule has 100 valence electrons. The van der Waals surface area contributed by atoms with Gasteiger partial charge in [0.05, 0.1) is 12.7 Å². The molecule has 0 aromatic heterocycles. The molecule has 2 rings (SSSR count). The van der Waals surface area contributed by atoms with Gasteiger partial charge < -0.3 is 15.2 Å². The van der Waals surface area contributed by atoms with Gasteiger partial charge in [-0.2, -0.15) is 0 Å². The highest BCUT2D eigenvalue weighted by molar-refractivity contribution is 5.37. The van der Waals surface area contributed by atoms with E-state index >= 15 is 0 Å². The highest BCUT2D eigenvalue weighted by Gasteiger charge is 2.29. The quantitative estimate of drug-likeness (QED) is 0.856. The van der Waals surface area contributed by atoms with E-state index in [1.807, 2.05) is 6.07 Å². The summed E-state index contributed by atoms with van der Waals surface area (Å²) >= 11 is 0. The van der Waals surface area contributed by atoms with E-state index in [9.17, 15) is 5.11 Å². The van der Waals surface area contributed by atoms with Crippen LogP contribution in [0.4, 0.5) is 0 Å². The van der Waals surface area contributed by atoms with Crippen molar-refractivity contribution in [1.29, 1.82) is 0 Å². The van der Waals surface area contributed by atoms with Crippen molar-refractivity contribution in [2.45, 2.75) is 38.2 Å².